The average Bonchev–Trinajstić information content (AvgIpc) is 2.35. The zero-order valence-electron chi connectivity index (χ0n) is 9.43. The second kappa shape index (κ2) is 5.20. The lowest BCUT2D eigenvalue weighted by molar-refractivity contribution is 0.630. The Bertz CT molecular complexity index is 657. The summed E-state index contributed by atoms with van der Waals surface area (Å²) in [6, 6.07) is 4.41. The fraction of sp³-hybridized carbons (Fsp3) is 0.167. The summed E-state index contributed by atoms with van der Waals surface area (Å²) in [5.41, 5.74) is 0.182. The van der Waals surface area contributed by atoms with Gasteiger partial charge in [-0.15, -0.1) is 0 Å². The van der Waals surface area contributed by atoms with Crippen LogP contribution in [0.5, 0.6) is 0 Å². The highest BCUT2D eigenvalue weighted by atomic mass is 79.9. The van der Waals surface area contributed by atoms with Crippen LogP contribution in [0.2, 0.25) is 5.02 Å². The summed E-state index contributed by atoms with van der Waals surface area (Å²) in [6.07, 6.45) is 0.564. The summed E-state index contributed by atoms with van der Waals surface area (Å²) in [4.78, 5) is 18.2. The van der Waals surface area contributed by atoms with Crippen molar-refractivity contribution in [3.8, 4) is 11.3 Å². The minimum Gasteiger partial charge on any atom is -0.311 e. The van der Waals surface area contributed by atoms with E-state index in [1.165, 1.54) is 12.1 Å². The van der Waals surface area contributed by atoms with Crippen molar-refractivity contribution in [1.29, 1.82) is 0 Å². The number of hydrogen-bond donors (Lipinski definition) is 1. The maximum atomic E-state index is 14.0. The predicted molar refractivity (Wildman–Crippen MR) is 72.3 cm³/mol. The third-order valence-corrected chi connectivity index (χ3v) is 3.70. The Kier molecular flexibility index (Phi) is 3.82. The van der Waals surface area contributed by atoms with Gasteiger partial charge in [-0.05, 0) is 28.1 Å². The number of nitrogens with one attached hydrogen (secondary N) is 1. The molecule has 0 amide bonds. The van der Waals surface area contributed by atoms with Gasteiger partial charge in [0.25, 0.3) is 5.56 Å². The molecule has 0 saturated carbocycles. The van der Waals surface area contributed by atoms with E-state index >= 15 is 0 Å². The highest BCUT2D eigenvalue weighted by Gasteiger charge is 2.13. The largest absolute Gasteiger partial charge is 0.311 e. The van der Waals surface area contributed by atoms with Gasteiger partial charge in [0.2, 0.25) is 0 Å². The summed E-state index contributed by atoms with van der Waals surface area (Å²) < 4.78 is 14.5. The Balaban J connectivity index is 2.66. The van der Waals surface area contributed by atoms with Gasteiger partial charge in [-0.2, -0.15) is 0 Å². The Labute approximate surface area is 116 Å². The highest BCUT2D eigenvalue weighted by molar-refractivity contribution is 9.10. The van der Waals surface area contributed by atoms with Gasteiger partial charge >= 0.3 is 0 Å². The summed E-state index contributed by atoms with van der Waals surface area (Å²) in [5.74, 6) is -0.0814. The number of halogens is 3. The summed E-state index contributed by atoms with van der Waals surface area (Å²) in [7, 11) is 0. The van der Waals surface area contributed by atoms with E-state index < -0.39 is 5.82 Å². The molecular formula is C12H9BrClFN2O. The van der Waals surface area contributed by atoms with Crippen LogP contribution in [0.4, 0.5) is 4.39 Å². The van der Waals surface area contributed by atoms with Crippen molar-refractivity contribution in [3.63, 3.8) is 0 Å². The SMILES string of the molecule is CCc1nc(-c2ccc(Br)c(Cl)c2F)cc(=O)[nH]1. The third kappa shape index (κ3) is 2.47. The fourth-order valence-corrected chi connectivity index (χ4v) is 2.01. The van der Waals surface area contributed by atoms with Crippen molar-refractivity contribution in [2.45, 2.75) is 13.3 Å². The Morgan fingerprint density at radius 1 is 1.50 bits per heavy atom. The van der Waals surface area contributed by atoms with E-state index in [1.807, 2.05) is 6.92 Å². The van der Waals surface area contributed by atoms with Crippen molar-refractivity contribution in [3.05, 3.63) is 49.7 Å². The molecule has 1 N–H and O–H groups in total. The number of nitrogens with zero attached hydrogens (tertiary/aromatic N) is 1. The Hall–Kier alpha value is -1.20. The molecule has 0 radical (unpaired) electrons. The topological polar surface area (TPSA) is 45.8 Å². The number of benzene rings is 1. The first-order valence-corrected chi connectivity index (χ1v) is 6.44. The Morgan fingerprint density at radius 3 is 2.89 bits per heavy atom. The van der Waals surface area contributed by atoms with Crippen LogP contribution < -0.4 is 5.56 Å². The van der Waals surface area contributed by atoms with Gasteiger partial charge < -0.3 is 4.98 Å². The molecule has 1 aromatic carbocycles. The molecule has 0 atom stereocenters. The highest BCUT2D eigenvalue weighted by Crippen LogP contribution is 2.31. The lowest BCUT2D eigenvalue weighted by Crippen LogP contribution is -2.10. The van der Waals surface area contributed by atoms with Gasteiger partial charge in [-0.25, -0.2) is 9.37 Å². The van der Waals surface area contributed by atoms with E-state index in [0.29, 0.717) is 16.7 Å². The smallest absolute Gasteiger partial charge is 0.251 e. The molecule has 3 nitrogen and oxygen atoms in total. The normalized spacial score (nSPS) is 10.7. The molecule has 0 unspecified atom stereocenters. The molecule has 0 bridgehead atoms. The first-order valence-electron chi connectivity index (χ1n) is 5.27. The van der Waals surface area contributed by atoms with Crippen molar-refractivity contribution < 1.29 is 4.39 Å². The second-order valence-corrected chi connectivity index (χ2v) is 4.89. The van der Waals surface area contributed by atoms with E-state index in [2.05, 4.69) is 25.9 Å². The number of rotatable bonds is 2. The summed E-state index contributed by atoms with van der Waals surface area (Å²) >= 11 is 8.95. The van der Waals surface area contributed by atoms with Crippen molar-refractivity contribution in [2.24, 2.45) is 0 Å². The molecule has 0 fully saturated rings. The lowest BCUT2D eigenvalue weighted by atomic mass is 10.1. The van der Waals surface area contributed by atoms with Gasteiger partial charge in [-0.3, -0.25) is 4.79 Å². The van der Waals surface area contributed by atoms with Gasteiger partial charge in [-0.1, -0.05) is 18.5 Å². The van der Waals surface area contributed by atoms with E-state index in [4.69, 9.17) is 11.6 Å². The molecule has 0 spiro atoms. The second-order valence-electron chi connectivity index (χ2n) is 3.65. The summed E-state index contributed by atoms with van der Waals surface area (Å²) in [6.45, 7) is 1.85. The van der Waals surface area contributed by atoms with Gasteiger partial charge in [0, 0.05) is 22.5 Å². The molecule has 0 aliphatic carbocycles. The molecule has 0 aliphatic rings. The van der Waals surface area contributed by atoms with Crippen LogP contribution in [0.1, 0.15) is 12.7 Å². The molecule has 1 heterocycles. The van der Waals surface area contributed by atoms with E-state index in [9.17, 15) is 9.18 Å². The number of aryl methyl sites for hydroxylation is 1. The van der Waals surface area contributed by atoms with E-state index in [0.717, 1.165) is 0 Å². The minimum atomic E-state index is -0.591. The molecule has 2 rings (SSSR count). The molecule has 94 valence electrons. The first kappa shape index (κ1) is 13.2. The monoisotopic (exact) mass is 330 g/mol. The van der Waals surface area contributed by atoms with Crippen LogP contribution in [-0.4, -0.2) is 9.97 Å². The predicted octanol–water partition coefficient (Wildman–Crippen LogP) is 3.55. The minimum absolute atomic E-state index is 0.0207. The molecule has 18 heavy (non-hydrogen) atoms. The maximum absolute atomic E-state index is 14.0. The Morgan fingerprint density at radius 2 is 2.22 bits per heavy atom. The lowest BCUT2D eigenvalue weighted by Gasteiger charge is -2.06. The van der Waals surface area contributed by atoms with Crippen LogP contribution in [0.15, 0.2) is 27.5 Å². The number of aromatic amines is 1. The zero-order chi connectivity index (χ0) is 13.3. The van der Waals surface area contributed by atoms with Crippen molar-refractivity contribution >= 4 is 27.5 Å². The number of H-pyrrole nitrogens is 1. The molecule has 1 aromatic heterocycles. The molecule has 2 aromatic rings. The quantitative estimate of drug-likeness (QED) is 0.855. The molecule has 6 heteroatoms. The van der Waals surface area contributed by atoms with Crippen LogP contribution in [0.25, 0.3) is 11.3 Å². The number of hydrogen-bond acceptors (Lipinski definition) is 2. The van der Waals surface area contributed by atoms with Gasteiger partial charge in [0.15, 0.2) is 5.82 Å². The standard InChI is InChI=1S/C12H9BrClFN2O/c1-2-9-16-8(5-10(18)17-9)6-3-4-7(13)11(14)12(6)15/h3-5H,2H2,1H3,(H,16,17,18). The first-order chi connectivity index (χ1) is 8.52. The average molecular weight is 332 g/mol. The molecular weight excluding hydrogens is 323 g/mol. The van der Waals surface area contributed by atoms with Crippen molar-refractivity contribution in [1.82, 2.24) is 9.97 Å². The van der Waals surface area contributed by atoms with E-state index in [-0.39, 0.29) is 21.8 Å². The molecule has 0 saturated heterocycles. The molecule has 0 aliphatic heterocycles. The zero-order valence-corrected chi connectivity index (χ0v) is 11.8. The number of aromatic nitrogens is 2. The van der Waals surface area contributed by atoms with E-state index in [1.54, 1.807) is 6.07 Å². The van der Waals surface area contributed by atoms with Gasteiger partial charge in [0.1, 0.15) is 5.82 Å². The maximum Gasteiger partial charge on any atom is 0.251 e. The van der Waals surface area contributed by atoms with Crippen LogP contribution in [0.3, 0.4) is 0 Å². The third-order valence-electron chi connectivity index (χ3n) is 2.44. The van der Waals surface area contributed by atoms with Crippen molar-refractivity contribution in [2.75, 3.05) is 0 Å². The van der Waals surface area contributed by atoms with Gasteiger partial charge in [0.05, 0.1) is 10.7 Å². The summed E-state index contributed by atoms with van der Waals surface area (Å²) in [5, 5.41) is -0.0207. The van der Waals surface area contributed by atoms with Crippen LogP contribution >= 0.6 is 27.5 Å². The van der Waals surface area contributed by atoms with Crippen LogP contribution in [0, 0.1) is 5.82 Å². The van der Waals surface area contributed by atoms with Crippen LogP contribution in [-0.2, 0) is 6.42 Å². The fourth-order valence-electron chi connectivity index (χ4n) is 1.54.